The molecule has 22 heavy (non-hydrogen) atoms. The molecule has 1 aliphatic heterocycles. The second-order valence-corrected chi connectivity index (χ2v) is 5.21. The van der Waals surface area contributed by atoms with Crippen LogP contribution in [0.25, 0.3) is 0 Å². The SMILES string of the molecule is O=C(Nc1ccccn1)N1CCN(c2cc(Cl)ncn2)CC1. The minimum atomic E-state index is -0.140. The summed E-state index contributed by atoms with van der Waals surface area (Å²) in [4.78, 5) is 28.2. The third-order valence-electron chi connectivity index (χ3n) is 3.41. The van der Waals surface area contributed by atoms with E-state index >= 15 is 0 Å². The first-order valence-corrected chi connectivity index (χ1v) is 7.29. The molecule has 0 aromatic carbocycles. The number of pyridine rings is 1. The fraction of sp³-hybridized carbons (Fsp3) is 0.286. The second-order valence-electron chi connectivity index (χ2n) is 4.82. The number of amides is 2. The number of halogens is 1. The number of piperazine rings is 1. The maximum atomic E-state index is 12.2. The minimum absolute atomic E-state index is 0.140. The number of nitrogens with zero attached hydrogens (tertiary/aromatic N) is 5. The summed E-state index contributed by atoms with van der Waals surface area (Å²) in [6, 6.07) is 6.99. The van der Waals surface area contributed by atoms with Gasteiger partial charge in [-0.2, -0.15) is 0 Å². The molecular formula is C14H15ClN6O. The van der Waals surface area contributed by atoms with E-state index in [0.717, 1.165) is 5.82 Å². The standard InChI is InChI=1S/C14H15ClN6O/c15-11-9-13(18-10-17-11)20-5-7-21(8-6-20)14(22)19-12-3-1-2-4-16-12/h1-4,9-10H,5-8H2,(H,16,19,22). The fourth-order valence-corrected chi connectivity index (χ4v) is 2.40. The van der Waals surface area contributed by atoms with Crippen LogP contribution >= 0.6 is 11.6 Å². The van der Waals surface area contributed by atoms with Crippen LogP contribution in [0.3, 0.4) is 0 Å². The molecular weight excluding hydrogens is 304 g/mol. The average Bonchev–Trinajstić information content (AvgIpc) is 2.56. The molecule has 1 aliphatic rings. The summed E-state index contributed by atoms with van der Waals surface area (Å²) in [6.45, 7) is 2.62. The van der Waals surface area contributed by atoms with Crippen LogP contribution in [-0.4, -0.2) is 52.1 Å². The third kappa shape index (κ3) is 3.43. The van der Waals surface area contributed by atoms with Gasteiger partial charge in [0.2, 0.25) is 0 Å². The Morgan fingerprint density at radius 1 is 1.14 bits per heavy atom. The first kappa shape index (κ1) is 14.5. The Bertz CT molecular complexity index is 645. The van der Waals surface area contributed by atoms with Gasteiger partial charge in [-0.05, 0) is 12.1 Å². The van der Waals surface area contributed by atoms with Gasteiger partial charge >= 0.3 is 6.03 Å². The Balaban J connectivity index is 1.56. The van der Waals surface area contributed by atoms with Gasteiger partial charge in [0, 0.05) is 38.4 Å². The Labute approximate surface area is 133 Å². The lowest BCUT2D eigenvalue weighted by molar-refractivity contribution is 0.208. The summed E-state index contributed by atoms with van der Waals surface area (Å²) in [6.07, 6.45) is 3.09. The zero-order valence-electron chi connectivity index (χ0n) is 11.8. The Morgan fingerprint density at radius 2 is 1.95 bits per heavy atom. The molecule has 0 spiro atoms. The van der Waals surface area contributed by atoms with Crippen molar-refractivity contribution in [3.05, 3.63) is 41.9 Å². The molecule has 2 aromatic rings. The molecule has 0 bridgehead atoms. The Hall–Kier alpha value is -2.41. The number of rotatable bonds is 2. The lowest BCUT2D eigenvalue weighted by Gasteiger charge is -2.35. The van der Waals surface area contributed by atoms with Crippen LogP contribution in [0.5, 0.6) is 0 Å². The highest BCUT2D eigenvalue weighted by atomic mass is 35.5. The lowest BCUT2D eigenvalue weighted by Crippen LogP contribution is -2.50. The van der Waals surface area contributed by atoms with Crippen LogP contribution in [0.4, 0.5) is 16.4 Å². The largest absolute Gasteiger partial charge is 0.353 e. The smallest absolute Gasteiger partial charge is 0.323 e. The molecule has 2 amide bonds. The predicted molar refractivity (Wildman–Crippen MR) is 84.1 cm³/mol. The maximum absolute atomic E-state index is 12.2. The van der Waals surface area contributed by atoms with E-state index in [2.05, 4.69) is 25.2 Å². The third-order valence-corrected chi connectivity index (χ3v) is 3.62. The van der Waals surface area contributed by atoms with Gasteiger partial charge in [0.15, 0.2) is 0 Å². The van der Waals surface area contributed by atoms with Gasteiger partial charge < -0.3 is 9.80 Å². The zero-order chi connectivity index (χ0) is 15.4. The normalized spacial score (nSPS) is 14.8. The van der Waals surface area contributed by atoms with Gasteiger partial charge in [0.1, 0.15) is 23.1 Å². The summed E-state index contributed by atoms with van der Waals surface area (Å²) < 4.78 is 0. The first-order chi connectivity index (χ1) is 10.7. The highest BCUT2D eigenvalue weighted by Gasteiger charge is 2.22. The number of hydrogen-bond donors (Lipinski definition) is 1. The summed E-state index contributed by atoms with van der Waals surface area (Å²) in [5.74, 6) is 1.34. The predicted octanol–water partition coefficient (Wildman–Crippen LogP) is 1.88. The van der Waals surface area contributed by atoms with Gasteiger partial charge in [0.05, 0.1) is 0 Å². The molecule has 8 heteroatoms. The molecule has 114 valence electrons. The quantitative estimate of drug-likeness (QED) is 0.856. The number of anilines is 2. The number of nitrogens with one attached hydrogen (secondary N) is 1. The molecule has 0 saturated carbocycles. The van der Waals surface area contributed by atoms with Gasteiger partial charge in [-0.15, -0.1) is 0 Å². The summed E-state index contributed by atoms with van der Waals surface area (Å²) in [5.41, 5.74) is 0. The van der Waals surface area contributed by atoms with E-state index in [-0.39, 0.29) is 6.03 Å². The van der Waals surface area contributed by atoms with Crippen molar-refractivity contribution in [2.75, 3.05) is 36.4 Å². The maximum Gasteiger partial charge on any atom is 0.323 e. The van der Waals surface area contributed by atoms with Crippen molar-refractivity contribution in [3.63, 3.8) is 0 Å². The van der Waals surface area contributed by atoms with Crippen molar-refractivity contribution in [1.82, 2.24) is 19.9 Å². The van der Waals surface area contributed by atoms with Crippen molar-refractivity contribution in [3.8, 4) is 0 Å². The molecule has 0 aliphatic carbocycles. The summed E-state index contributed by atoms with van der Waals surface area (Å²) in [7, 11) is 0. The van der Waals surface area contributed by atoms with Crippen molar-refractivity contribution in [2.24, 2.45) is 0 Å². The highest BCUT2D eigenvalue weighted by molar-refractivity contribution is 6.29. The molecule has 3 rings (SSSR count). The monoisotopic (exact) mass is 318 g/mol. The van der Waals surface area contributed by atoms with E-state index in [0.29, 0.717) is 37.1 Å². The van der Waals surface area contributed by atoms with Gasteiger partial charge in [-0.1, -0.05) is 17.7 Å². The van der Waals surface area contributed by atoms with E-state index in [9.17, 15) is 4.79 Å². The average molecular weight is 319 g/mol. The number of carbonyl (C=O) groups is 1. The Kier molecular flexibility index (Phi) is 4.34. The van der Waals surface area contributed by atoms with Crippen LogP contribution in [-0.2, 0) is 0 Å². The molecule has 2 aromatic heterocycles. The molecule has 1 fully saturated rings. The summed E-state index contributed by atoms with van der Waals surface area (Å²) in [5, 5.41) is 3.20. The van der Waals surface area contributed by atoms with Crippen molar-refractivity contribution >= 4 is 29.3 Å². The minimum Gasteiger partial charge on any atom is -0.353 e. The second kappa shape index (κ2) is 6.57. The van der Waals surface area contributed by atoms with Gasteiger partial charge in [-0.25, -0.2) is 19.7 Å². The molecule has 0 unspecified atom stereocenters. The number of carbonyl (C=O) groups excluding carboxylic acids is 1. The molecule has 1 saturated heterocycles. The topological polar surface area (TPSA) is 74.2 Å². The number of hydrogen-bond acceptors (Lipinski definition) is 5. The van der Waals surface area contributed by atoms with Crippen LogP contribution in [0.15, 0.2) is 36.8 Å². The van der Waals surface area contributed by atoms with Crippen LogP contribution in [0.2, 0.25) is 5.15 Å². The van der Waals surface area contributed by atoms with Crippen LogP contribution in [0, 0.1) is 0 Å². The van der Waals surface area contributed by atoms with E-state index in [4.69, 9.17) is 11.6 Å². The fourth-order valence-electron chi connectivity index (χ4n) is 2.26. The molecule has 0 radical (unpaired) electrons. The van der Waals surface area contributed by atoms with Crippen molar-refractivity contribution in [2.45, 2.75) is 0 Å². The lowest BCUT2D eigenvalue weighted by atomic mass is 10.3. The molecule has 7 nitrogen and oxygen atoms in total. The molecule has 0 atom stereocenters. The van der Waals surface area contributed by atoms with Crippen molar-refractivity contribution in [1.29, 1.82) is 0 Å². The van der Waals surface area contributed by atoms with Crippen LogP contribution in [0.1, 0.15) is 0 Å². The van der Waals surface area contributed by atoms with E-state index in [1.54, 1.807) is 29.3 Å². The highest BCUT2D eigenvalue weighted by Crippen LogP contribution is 2.16. The van der Waals surface area contributed by atoms with E-state index in [1.165, 1.54) is 6.33 Å². The Morgan fingerprint density at radius 3 is 2.64 bits per heavy atom. The van der Waals surface area contributed by atoms with E-state index < -0.39 is 0 Å². The number of aromatic nitrogens is 3. The van der Waals surface area contributed by atoms with Crippen molar-refractivity contribution < 1.29 is 4.79 Å². The zero-order valence-corrected chi connectivity index (χ0v) is 12.6. The van der Waals surface area contributed by atoms with E-state index in [1.807, 2.05) is 6.07 Å². The van der Waals surface area contributed by atoms with Crippen LogP contribution < -0.4 is 10.2 Å². The number of urea groups is 1. The molecule has 1 N–H and O–H groups in total. The summed E-state index contributed by atoms with van der Waals surface area (Å²) >= 11 is 5.87. The van der Waals surface area contributed by atoms with Gasteiger partial charge in [-0.3, -0.25) is 5.32 Å². The van der Waals surface area contributed by atoms with Gasteiger partial charge in [0.25, 0.3) is 0 Å². The first-order valence-electron chi connectivity index (χ1n) is 6.92. The molecule has 3 heterocycles.